The number of pyridine rings is 1. The summed E-state index contributed by atoms with van der Waals surface area (Å²) in [5, 5.41) is 0. The third kappa shape index (κ3) is 4.28. The van der Waals surface area contributed by atoms with Gasteiger partial charge in [0.1, 0.15) is 5.69 Å². The summed E-state index contributed by atoms with van der Waals surface area (Å²) >= 11 is 0. The van der Waals surface area contributed by atoms with Gasteiger partial charge in [0.15, 0.2) is 5.82 Å². The smallest absolute Gasteiger partial charge is 0.253 e. The number of piperidine rings is 1. The number of amides is 1. The molecule has 7 heteroatoms. The molecule has 0 saturated carbocycles. The minimum Gasteiger partial charge on any atom is -0.378 e. The number of carbonyl (C=O) groups excluding carboxylic acids is 1. The number of hydrogen-bond acceptors (Lipinski definition) is 5. The molecule has 4 heterocycles. The highest BCUT2D eigenvalue weighted by molar-refractivity contribution is 5.94. The molecule has 6 rings (SSSR count). The maximum atomic E-state index is 13.2. The number of morpholine rings is 1. The molecule has 2 fully saturated rings. The van der Waals surface area contributed by atoms with Crippen molar-refractivity contribution in [2.24, 2.45) is 0 Å². The predicted octanol–water partition coefficient (Wildman–Crippen LogP) is 4.41. The lowest BCUT2D eigenvalue weighted by molar-refractivity contribution is 0.0696. The number of aromatic nitrogens is 3. The van der Waals surface area contributed by atoms with Gasteiger partial charge in [0.2, 0.25) is 0 Å². The quantitative estimate of drug-likeness (QED) is 0.445. The molecule has 0 radical (unpaired) electrons. The monoisotopic (exact) mass is 467 g/mol. The fourth-order valence-corrected chi connectivity index (χ4v) is 5.24. The Labute approximate surface area is 205 Å². The van der Waals surface area contributed by atoms with Crippen LogP contribution >= 0.6 is 0 Å². The van der Waals surface area contributed by atoms with Crippen molar-refractivity contribution in [2.45, 2.75) is 18.9 Å². The number of ether oxygens (including phenoxy) is 1. The van der Waals surface area contributed by atoms with Crippen molar-refractivity contribution in [3.05, 3.63) is 78.5 Å². The van der Waals surface area contributed by atoms with Crippen molar-refractivity contribution in [2.75, 3.05) is 44.3 Å². The first-order chi connectivity index (χ1) is 17.3. The van der Waals surface area contributed by atoms with E-state index in [2.05, 4.69) is 44.8 Å². The van der Waals surface area contributed by atoms with Crippen molar-refractivity contribution in [3.63, 3.8) is 0 Å². The molecule has 2 aliphatic heterocycles. The van der Waals surface area contributed by atoms with Gasteiger partial charge in [0.25, 0.3) is 5.91 Å². The number of para-hydroxylation sites is 2. The molecule has 0 atom stereocenters. The van der Waals surface area contributed by atoms with Crippen molar-refractivity contribution < 1.29 is 9.53 Å². The summed E-state index contributed by atoms with van der Waals surface area (Å²) in [5.41, 5.74) is 4.88. The molecule has 1 amide bonds. The Hall–Kier alpha value is -3.71. The second-order valence-electron chi connectivity index (χ2n) is 9.18. The molecule has 2 saturated heterocycles. The van der Waals surface area contributed by atoms with Crippen LogP contribution in [0.1, 0.15) is 29.2 Å². The topological polar surface area (TPSA) is 63.5 Å². The number of hydrogen-bond donors (Lipinski definition) is 0. The number of benzene rings is 2. The zero-order chi connectivity index (χ0) is 23.6. The minimum atomic E-state index is 0.109. The lowest BCUT2D eigenvalue weighted by Crippen LogP contribution is -2.39. The highest BCUT2D eigenvalue weighted by atomic mass is 16.5. The fraction of sp³-hybridized carbons (Fsp3) is 0.321. The van der Waals surface area contributed by atoms with Gasteiger partial charge in [-0.25, -0.2) is 4.98 Å². The molecule has 0 N–H and O–H groups in total. The zero-order valence-corrected chi connectivity index (χ0v) is 19.7. The van der Waals surface area contributed by atoms with Gasteiger partial charge in [0, 0.05) is 49.7 Å². The van der Waals surface area contributed by atoms with Crippen LogP contribution in [-0.4, -0.2) is 64.7 Å². The van der Waals surface area contributed by atoms with Crippen LogP contribution in [0.15, 0.2) is 72.9 Å². The van der Waals surface area contributed by atoms with E-state index in [1.165, 1.54) is 0 Å². The molecule has 0 unspecified atom stereocenters. The van der Waals surface area contributed by atoms with E-state index < -0.39 is 0 Å². The molecule has 2 aromatic heterocycles. The van der Waals surface area contributed by atoms with Crippen LogP contribution in [0, 0.1) is 0 Å². The summed E-state index contributed by atoms with van der Waals surface area (Å²) in [7, 11) is 0. The molecule has 35 heavy (non-hydrogen) atoms. The number of fused-ring (bicyclic) bond motifs is 1. The molecule has 178 valence electrons. The summed E-state index contributed by atoms with van der Waals surface area (Å²) in [6.07, 6.45) is 3.58. The second kappa shape index (κ2) is 9.50. The first kappa shape index (κ1) is 21.8. The number of rotatable bonds is 4. The Morgan fingerprint density at radius 1 is 0.857 bits per heavy atom. The summed E-state index contributed by atoms with van der Waals surface area (Å²) in [4.78, 5) is 27.0. The van der Waals surface area contributed by atoms with E-state index in [0.717, 1.165) is 86.0 Å². The van der Waals surface area contributed by atoms with Gasteiger partial charge in [0.05, 0.1) is 24.2 Å². The minimum absolute atomic E-state index is 0.109. The second-order valence-corrected chi connectivity index (χ2v) is 9.18. The average molecular weight is 468 g/mol. The van der Waals surface area contributed by atoms with Crippen LogP contribution in [0.2, 0.25) is 0 Å². The molecular weight excluding hydrogens is 438 g/mol. The van der Waals surface area contributed by atoms with Gasteiger partial charge in [-0.15, -0.1) is 0 Å². The third-order valence-electron chi connectivity index (χ3n) is 7.10. The van der Waals surface area contributed by atoms with Crippen LogP contribution < -0.4 is 4.90 Å². The Kier molecular flexibility index (Phi) is 5.92. The summed E-state index contributed by atoms with van der Waals surface area (Å²) in [5.74, 6) is 1.01. The van der Waals surface area contributed by atoms with Gasteiger partial charge >= 0.3 is 0 Å². The van der Waals surface area contributed by atoms with E-state index in [9.17, 15) is 4.79 Å². The van der Waals surface area contributed by atoms with Gasteiger partial charge in [-0.2, -0.15) is 0 Å². The van der Waals surface area contributed by atoms with Crippen LogP contribution in [0.3, 0.4) is 0 Å². The Bertz CT molecular complexity index is 1300. The first-order valence-electron chi connectivity index (χ1n) is 12.4. The molecule has 2 aromatic carbocycles. The van der Waals surface area contributed by atoms with E-state index in [4.69, 9.17) is 9.72 Å². The Balaban J connectivity index is 1.19. The van der Waals surface area contributed by atoms with Gasteiger partial charge < -0.3 is 19.1 Å². The lowest BCUT2D eigenvalue weighted by Gasteiger charge is -2.34. The number of nitrogens with zero attached hydrogens (tertiary/aromatic N) is 5. The van der Waals surface area contributed by atoms with E-state index in [0.29, 0.717) is 0 Å². The predicted molar refractivity (Wildman–Crippen MR) is 137 cm³/mol. The highest BCUT2D eigenvalue weighted by Crippen LogP contribution is 2.33. The van der Waals surface area contributed by atoms with E-state index >= 15 is 0 Å². The van der Waals surface area contributed by atoms with Crippen molar-refractivity contribution in [1.29, 1.82) is 0 Å². The molecule has 7 nitrogen and oxygen atoms in total. The van der Waals surface area contributed by atoms with E-state index in [-0.39, 0.29) is 11.9 Å². The van der Waals surface area contributed by atoms with Crippen LogP contribution in [-0.2, 0) is 4.74 Å². The van der Waals surface area contributed by atoms with Crippen LogP contribution in [0.25, 0.3) is 22.6 Å². The maximum Gasteiger partial charge on any atom is 0.253 e. The van der Waals surface area contributed by atoms with Crippen LogP contribution in [0.5, 0.6) is 0 Å². The average Bonchev–Trinajstić information content (AvgIpc) is 3.33. The van der Waals surface area contributed by atoms with Gasteiger partial charge in [-0.3, -0.25) is 9.78 Å². The van der Waals surface area contributed by atoms with Crippen molar-refractivity contribution in [3.8, 4) is 11.5 Å². The summed E-state index contributed by atoms with van der Waals surface area (Å²) < 4.78 is 7.77. The summed E-state index contributed by atoms with van der Waals surface area (Å²) in [6, 6.07) is 22.5. The first-order valence-corrected chi connectivity index (χ1v) is 12.4. The van der Waals surface area contributed by atoms with Crippen molar-refractivity contribution in [1.82, 2.24) is 19.4 Å². The maximum absolute atomic E-state index is 13.2. The summed E-state index contributed by atoms with van der Waals surface area (Å²) in [6.45, 7) is 4.74. The Morgan fingerprint density at radius 3 is 2.34 bits per heavy atom. The highest BCUT2D eigenvalue weighted by Gasteiger charge is 2.28. The van der Waals surface area contributed by atoms with Crippen molar-refractivity contribution >= 4 is 22.6 Å². The Morgan fingerprint density at radius 2 is 1.60 bits per heavy atom. The molecule has 0 aliphatic carbocycles. The standard InChI is InChI=1S/C28H29N5O2/c34-28(21-8-10-22(11-9-21)31-17-19-35-20-18-31)32-15-12-23(13-16-32)33-26-7-2-1-5-24(26)30-27(33)25-6-3-4-14-29-25/h1-11,14,23H,12-13,15-20H2. The number of anilines is 1. The number of carbonyl (C=O) groups is 1. The molecule has 4 aromatic rings. The number of imidazole rings is 1. The molecule has 0 bridgehead atoms. The fourth-order valence-electron chi connectivity index (χ4n) is 5.24. The molecule has 0 spiro atoms. The lowest BCUT2D eigenvalue weighted by atomic mass is 10.0. The van der Waals surface area contributed by atoms with Gasteiger partial charge in [-0.1, -0.05) is 18.2 Å². The number of likely N-dealkylation sites (tertiary alicyclic amines) is 1. The molecule has 2 aliphatic rings. The van der Waals surface area contributed by atoms with Gasteiger partial charge in [-0.05, 0) is 61.4 Å². The van der Waals surface area contributed by atoms with E-state index in [1.807, 2.05) is 47.5 Å². The molecular formula is C28H29N5O2. The normalized spacial score (nSPS) is 17.1. The largest absolute Gasteiger partial charge is 0.378 e. The SMILES string of the molecule is O=C(c1ccc(N2CCOCC2)cc1)N1CCC(n2c(-c3ccccn3)nc3ccccc32)CC1. The zero-order valence-electron chi connectivity index (χ0n) is 19.7. The van der Waals surface area contributed by atoms with E-state index in [1.54, 1.807) is 0 Å². The third-order valence-corrected chi connectivity index (χ3v) is 7.10. The van der Waals surface area contributed by atoms with Crippen LogP contribution in [0.4, 0.5) is 5.69 Å².